The topological polar surface area (TPSA) is 50.4 Å². The second-order valence-corrected chi connectivity index (χ2v) is 2.93. The third-order valence-electron chi connectivity index (χ3n) is 2.02. The van der Waals surface area contributed by atoms with Crippen molar-refractivity contribution in [2.45, 2.75) is 18.9 Å². The molecule has 0 saturated carbocycles. The zero-order valence-corrected chi connectivity index (χ0v) is 8.65. The molecule has 0 unspecified atom stereocenters. The lowest BCUT2D eigenvalue weighted by atomic mass is 10.1. The lowest BCUT2D eigenvalue weighted by molar-refractivity contribution is -0.127. The number of likely N-dealkylation sites (N-methyl/N-ethyl adjacent to an activating group) is 1. The van der Waals surface area contributed by atoms with Gasteiger partial charge in [-0.2, -0.15) is 0 Å². The van der Waals surface area contributed by atoms with Crippen LogP contribution < -0.4 is 10.6 Å². The maximum atomic E-state index is 10.8. The van der Waals surface area contributed by atoms with Crippen LogP contribution in [-0.4, -0.2) is 38.8 Å². The van der Waals surface area contributed by atoms with Gasteiger partial charge >= 0.3 is 0 Å². The van der Waals surface area contributed by atoms with Crippen molar-refractivity contribution < 1.29 is 9.53 Å². The number of piperidine rings is 1. The number of ether oxygens (including phenoxy) is 1. The molecule has 0 aliphatic carbocycles. The Morgan fingerprint density at radius 2 is 2.15 bits per heavy atom. The standard InChI is InChI=1S/C8H16N2O2.ClH/c1-9-8(11)6-12-7-2-4-10-5-3-7;/h7,10H,2-6H2,1H3,(H,9,11);1H. The highest BCUT2D eigenvalue weighted by Crippen LogP contribution is 2.06. The Morgan fingerprint density at radius 3 is 2.69 bits per heavy atom. The monoisotopic (exact) mass is 208 g/mol. The minimum Gasteiger partial charge on any atom is -0.368 e. The molecule has 0 atom stereocenters. The smallest absolute Gasteiger partial charge is 0.245 e. The van der Waals surface area contributed by atoms with Crippen LogP contribution in [0.5, 0.6) is 0 Å². The van der Waals surface area contributed by atoms with Gasteiger partial charge in [0.2, 0.25) is 5.91 Å². The van der Waals surface area contributed by atoms with Gasteiger partial charge in [-0.1, -0.05) is 0 Å². The number of halogens is 1. The first kappa shape index (κ1) is 12.7. The zero-order valence-electron chi connectivity index (χ0n) is 7.84. The summed E-state index contributed by atoms with van der Waals surface area (Å²) in [5, 5.41) is 5.76. The van der Waals surface area contributed by atoms with Crippen LogP contribution in [0, 0.1) is 0 Å². The maximum absolute atomic E-state index is 10.8. The van der Waals surface area contributed by atoms with Gasteiger partial charge in [0.25, 0.3) is 0 Å². The SMILES string of the molecule is CNC(=O)COC1CCNCC1.Cl. The van der Waals surface area contributed by atoms with Crippen LogP contribution in [0.1, 0.15) is 12.8 Å². The molecule has 0 aromatic carbocycles. The highest BCUT2D eigenvalue weighted by molar-refractivity contribution is 5.85. The van der Waals surface area contributed by atoms with Gasteiger partial charge in [-0.15, -0.1) is 12.4 Å². The summed E-state index contributed by atoms with van der Waals surface area (Å²) in [7, 11) is 1.62. The zero-order chi connectivity index (χ0) is 8.81. The van der Waals surface area contributed by atoms with Gasteiger partial charge in [0.05, 0.1) is 6.10 Å². The van der Waals surface area contributed by atoms with Crippen LogP contribution in [0.3, 0.4) is 0 Å². The van der Waals surface area contributed by atoms with Crippen molar-refractivity contribution in [3.8, 4) is 0 Å². The van der Waals surface area contributed by atoms with Crippen molar-refractivity contribution in [3.63, 3.8) is 0 Å². The fraction of sp³-hybridized carbons (Fsp3) is 0.875. The summed E-state index contributed by atoms with van der Waals surface area (Å²) in [5.41, 5.74) is 0. The second-order valence-electron chi connectivity index (χ2n) is 2.93. The van der Waals surface area contributed by atoms with Gasteiger partial charge in [-0.3, -0.25) is 4.79 Å². The molecule has 0 radical (unpaired) electrons. The average molecular weight is 209 g/mol. The largest absolute Gasteiger partial charge is 0.368 e. The molecule has 13 heavy (non-hydrogen) atoms. The summed E-state index contributed by atoms with van der Waals surface area (Å²) in [4.78, 5) is 10.8. The fourth-order valence-corrected chi connectivity index (χ4v) is 1.23. The van der Waals surface area contributed by atoms with Crippen molar-refractivity contribution in [1.82, 2.24) is 10.6 Å². The van der Waals surface area contributed by atoms with Crippen LogP contribution in [0.4, 0.5) is 0 Å². The molecule has 1 fully saturated rings. The van der Waals surface area contributed by atoms with Crippen LogP contribution in [0.2, 0.25) is 0 Å². The number of rotatable bonds is 3. The summed E-state index contributed by atoms with van der Waals surface area (Å²) in [6, 6.07) is 0. The van der Waals surface area contributed by atoms with E-state index in [1.54, 1.807) is 7.05 Å². The van der Waals surface area contributed by atoms with E-state index in [9.17, 15) is 4.79 Å². The fourth-order valence-electron chi connectivity index (χ4n) is 1.23. The molecule has 1 amide bonds. The molecule has 4 nitrogen and oxygen atoms in total. The Labute approximate surface area is 84.8 Å². The van der Waals surface area contributed by atoms with Crippen LogP contribution in [0.15, 0.2) is 0 Å². The van der Waals surface area contributed by atoms with E-state index >= 15 is 0 Å². The second kappa shape index (κ2) is 7.12. The predicted molar refractivity (Wildman–Crippen MR) is 53.2 cm³/mol. The Kier molecular flexibility index (Phi) is 6.94. The molecule has 0 aromatic heterocycles. The van der Waals surface area contributed by atoms with Gasteiger partial charge in [0.1, 0.15) is 6.61 Å². The Morgan fingerprint density at radius 1 is 1.54 bits per heavy atom. The van der Waals surface area contributed by atoms with Crippen molar-refractivity contribution in [3.05, 3.63) is 0 Å². The number of carbonyl (C=O) groups excluding carboxylic acids is 1. The Hall–Kier alpha value is -0.320. The summed E-state index contributed by atoms with van der Waals surface area (Å²) in [6.45, 7) is 2.19. The lowest BCUT2D eigenvalue weighted by Crippen LogP contribution is -2.35. The normalized spacial score (nSPS) is 17.6. The number of hydrogen-bond donors (Lipinski definition) is 2. The molecule has 1 aliphatic rings. The number of amides is 1. The van der Waals surface area contributed by atoms with Crippen molar-refractivity contribution in [2.75, 3.05) is 26.7 Å². The predicted octanol–water partition coefficient (Wildman–Crippen LogP) is -0.0772. The molecule has 1 aliphatic heterocycles. The maximum Gasteiger partial charge on any atom is 0.245 e. The van der Waals surface area contributed by atoms with Crippen molar-refractivity contribution in [2.24, 2.45) is 0 Å². The van der Waals surface area contributed by atoms with E-state index in [1.165, 1.54) is 0 Å². The van der Waals surface area contributed by atoms with Gasteiger partial charge < -0.3 is 15.4 Å². The third-order valence-corrected chi connectivity index (χ3v) is 2.02. The quantitative estimate of drug-likeness (QED) is 0.683. The van der Waals surface area contributed by atoms with Gasteiger partial charge in [-0.05, 0) is 25.9 Å². The molecular formula is C8H17ClN2O2. The Balaban J connectivity index is 0.00000144. The molecule has 78 valence electrons. The summed E-state index contributed by atoms with van der Waals surface area (Å²) in [5.74, 6) is -0.0477. The molecule has 0 aromatic rings. The number of hydrogen-bond acceptors (Lipinski definition) is 3. The van der Waals surface area contributed by atoms with E-state index in [2.05, 4.69) is 10.6 Å². The first-order chi connectivity index (χ1) is 5.83. The molecule has 5 heteroatoms. The average Bonchev–Trinajstić information content (AvgIpc) is 2.16. The number of carbonyl (C=O) groups is 1. The van der Waals surface area contributed by atoms with Gasteiger partial charge in [0, 0.05) is 7.05 Å². The van der Waals surface area contributed by atoms with E-state index in [1.807, 2.05) is 0 Å². The van der Waals surface area contributed by atoms with Gasteiger partial charge in [0.15, 0.2) is 0 Å². The summed E-state index contributed by atoms with van der Waals surface area (Å²) in [6.07, 6.45) is 2.29. The molecule has 0 bridgehead atoms. The van der Waals surface area contributed by atoms with E-state index in [0.29, 0.717) is 0 Å². The highest BCUT2D eigenvalue weighted by Gasteiger charge is 2.13. The molecular weight excluding hydrogens is 192 g/mol. The van der Waals surface area contributed by atoms with E-state index in [4.69, 9.17) is 4.74 Å². The Bertz CT molecular complexity index is 149. The van der Waals surface area contributed by atoms with E-state index < -0.39 is 0 Å². The van der Waals surface area contributed by atoms with Crippen molar-refractivity contribution in [1.29, 1.82) is 0 Å². The van der Waals surface area contributed by atoms with E-state index in [0.717, 1.165) is 25.9 Å². The van der Waals surface area contributed by atoms with Crippen LogP contribution in [0.25, 0.3) is 0 Å². The van der Waals surface area contributed by atoms with Crippen LogP contribution >= 0.6 is 12.4 Å². The third kappa shape index (κ3) is 5.08. The lowest BCUT2D eigenvalue weighted by Gasteiger charge is -2.22. The first-order valence-electron chi connectivity index (χ1n) is 4.36. The first-order valence-corrected chi connectivity index (χ1v) is 4.36. The highest BCUT2D eigenvalue weighted by atomic mass is 35.5. The van der Waals surface area contributed by atoms with Crippen molar-refractivity contribution >= 4 is 18.3 Å². The molecule has 1 rings (SSSR count). The van der Waals surface area contributed by atoms with E-state index in [-0.39, 0.29) is 31.0 Å². The molecule has 2 N–H and O–H groups in total. The molecule has 1 saturated heterocycles. The van der Waals surface area contributed by atoms with Gasteiger partial charge in [-0.25, -0.2) is 0 Å². The summed E-state index contributed by atoms with van der Waals surface area (Å²) >= 11 is 0. The van der Waals surface area contributed by atoms with Crippen LogP contribution in [-0.2, 0) is 9.53 Å². The summed E-state index contributed by atoms with van der Waals surface area (Å²) < 4.78 is 5.38. The minimum absolute atomic E-state index is 0. The minimum atomic E-state index is -0.0477. The molecule has 1 heterocycles. The number of nitrogens with one attached hydrogen (secondary N) is 2. The molecule has 0 spiro atoms.